The topological polar surface area (TPSA) is 61.9 Å². The zero-order chi connectivity index (χ0) is 19.0. The van der Waals surface area contributed by atoms with Gasteiger partial charge in [0.15, 0.2) is 0 Å². The van der Waals surface area contributed by atoms with Crippen molar-refractivity contribution in [2.75, 3.05) is 6.54 Å². The standard InChI is InChI=1S/C20H18ClFN4O/c1-12-4-5-16(22)15(18(12)21)10-26-8-6-14-17(11-26)24-19(25-20(14)27)13-3-2-7-23-9-13/h2-5,7,9H,6,8,10-11H2,1H3,(H,24,25,27). The summed E-state index contributed by atoms with van der Waals surface area (Å²) < 4.78 is 14.2. The maximum absolute atomic E-state index is 14.2. The second-order valence-electron chi connectivity index (χ2n) is 6.70. The van der Waals surface area contributed by atoms with Crippen molar-refractivity contribution in [2.45, 2.75) is 26.4 Å². The number of fused-ring (bicyclic) bond motifs is 1. The first kappa shape index (κ1) is 17.8. The van der Waals surface area contributed by atoms with Crippen LogP contribution in [0.2, 0.25) is 5.02 Å². The van der Waals surface area contributed by atoms with E-state index in [1.54, 1.807) is 24.5 Å². The van der Waals surface area contributed by atoms with Crippen LogP contribution >= 0.6 is 11.6 Å². The number of hydrogen-bond acceptors (Lipinski definition) is 4. The molecule has 2 aromatic heterocycles. The van der Waals surface area contributed by atoms with Gasteiger partial charge in [-0.2, -0.15) is 0 Å². The first-order valence-electron chi connectivity index (χ1n) is 8.71. The number of pyridine rings is 1. The molecule has 5 nitrogen and oxygen atoms in total. The van der Waals surface area contributed by atoms with Gasteiger partial charge in [-0.15, -0.1) is 0 Å². The van der Waals surface area contributed by atoms with Gasteiger partial charge in [-0.25, -0.2) is 9.37 Å². The molecule has 0 unspecified atom stereocenters. The van der Waals surface area contributed by atoms with Gasteiger partial charge in [0.1, 0.15) is 11.6 Å². The van der Waals surface area contributed by atoms with Crippen LogP contribution < -0.4 is 5.56 Å². The Morgan fingerprint density at radius 3 is 2.96 bits per heavy atom. The van der Waals surface area contributed by atoms with E-state index >= 15 is 0 Å². The molecule has 27 heavy (non-hydrogen) atoms. The maximum atomic E-state index is 14.2. The molecule has 1 aromatic carbocycles. The summed E-state index contributed by atoms with van der Waals surface area (Å²) in [5.74, 6) is 0.180. The largest absolute Gasteiger partial charge is 0.306 e. The highest BCUT2D eigenvalue weighted by Gasteiger charge is 2.23. The number of nitrogens with zero attached hydrogens (tertiary/aromatic N) is 3. The zero-order valence-corrected chi connectivity index (χ0v) is 15.6. The Labute approximate surface area is 160 Å². The van der Waals surface area contributed by atoms with E-state index < -0.39 is 0 Å². The van der Waals surface area contributed by atoms with Gasteiger partial charge < -0.3 is 4.98 Å². The van der Waals surface area contributed by atoms with E-state index in [0.29, 0.717) is 53.7 Å². The highest BCUT2D eigenvalue weighted by atomic mass is 35.5. The molecule has 7 heteroatoms. The number of nitrogens with one attached hydrogen (secondary N) is 1. The monoisotopic (exact) mass is 384 g/mol. The van der Waals surface area contributed by atoms with E-state index in [1.165, 1.54) is 6.07 Å². The molecule has 0 aliphatic carbocycles. The quantitative estimate of drug-likeness (QED) is 0.750. The fraction of sp³-hybridized carbons (Fsp3) is 0.250. The van der Waals surface area contributed by atoms with Gasteiger partial charge in [-0.3, -0.25) is 14.7 Å². The van der Waals surface area contributed by atoms with Crippen molar-refractivity contribution < 1.29 is 4.39 Å². The Kier molecular flexibility index (Phi) is 4.76. The van der Waals surface area contributed by atoms with Gasteiger partial charge in [-0.1, -0.05) is 17.7 Å². The van der Waals surface area contributed by atoms with Crippen molar-refractivity contribution in [2.24, 2.45) is 0 Å². The fourth-order valence-corrected chi connectivity index (χ4v) is 3.56. The van der Waals surface area contributed by atoms with Crippen molar-refractivity contribution in [3.8, 4) is 11.4 Å². The van der Waals surface area contributed by atoms with E-state index in [0.717, 1.165) is 11.1 Å². The summed E-state index contributed by atoms with van der Waals surface area (Å²) in [5, 5.41) is 0.454. The van der Waals surface area contributed by atoms with Crippen molar-refractivity contribution in [3.05, 3.63) is 80.2 Å². The molecule has 3 heterocycles. The van der Waals surface area contributed by atoms with Crippen LogP contribution in [-0.2, 0) is 19.5 Å². The molecular formula is C20H18ClFN4O. The molecule has 1 N–H and O–H groups in total. The summed E-state index contributed by atoms with van der Waals surface area (Å²) in [7, 11) is 0. The lowest BCUT2D eigenvalue weighted by Crippen LogP contribution is -2.35. The minimum Gasteiger partial charge on any atom is -0.306 e. The third kappa shape index (κ3) is 3.50. The SMILES string of the molecule is Cc1ccc(F)c(CN2CCc3c(nc(-c4cccnc4)[nH]c3=O)C2)c1Cl. The molecule has 0 fully saturated rings. The number of halogens is 2. The molecule has 3 aromatic rings. The van der Waals surface area contributed by atoms with Gasteiger partial charge >= 0.3 is 0 Å². The van der Waals surface area contributed by atoms with E-state index in [4.69, 9.17) is 11.6 Å². The lowest BCUT2D eigenvalue weighted by molar-refractivity contribution is 0.237. The molecule has 1 aliphatic heterocycles. The molecule has 0 saturated carbocycles. The van der Waals surface area contributed by atoms with Crippen LogP contribution in [0.25, 0.3) is 11.4 Å². The van der Waals surface area contributed by atoms with Crippen LogP contribution in [0.3, 0.4) is 0 Å². The normalized spacial score (nSPS) is 14.2. The summed E-state index contributed by atoms with van der Waals surface area (Å²) in [6.45, 7) is 3.35. The number of aromatic nitrogens is 3. The summed E-state index contributed by atoms with van der Waals surface area (Å²) >= 11 is 6.30. The minimum atomic E-state index is -0.314. The lowest BCUT2D eigenvalue weighted by atomic mass is 10.0. The molecule has 1 aliphatic rings. The van der Waals surface area contributed by atoms with Crippen LogP contribution in [0.5, 0.6) is 0 Å². The molecule has 0 saturated heterocycles. The van der Waals surface area contributed by atoms with Crippen LogP contribution in [0.4, 0.5) is 4.39 Å². The fourth-order valence-electron chi connectivity index (χ4n) is 3.35. The second kappa shape index (κ2) is 7.21. The third-order valence-electron chi connectivity index (χ3n) is 4.85. The third-order valence-corrected chi connectivity index (χ3v) is 5.37. The Morgan fingerprint density at radius 2 is 2.19 bits per heavy atom. The van der Waals surface area contributed by atoms with Crippen LogP contribution in [0.15, 0.2) is 41.5 Å². The van der Waals surface area contributed by atoms with E-state index in [2.05, 4.69) is 19.9 Å². The van der Waals surface area contributed by atoms with Crippen molar-refractivity contribution in [1.82, 2.24) is 19.9 Å². The van der Waals surface area contributed by atoms with Crippen LogP contribution in [0, 0.1) is 12.7 Å². The maximum Gasteiger partial charge on any atom is 0.254 e. The predicted molar refractivity (Wildman–Crippen MR) is 102 cm³/mol. The molecule has 0 amide bonds. The summed E-state index contributed by atoms with van der Waals surface area (Å²) in [6, 6.07) is 6.76. The highest BCUT2D eigenvalue weighted by Crippen LogP contribution is 2.27. The summed E-state index contributed by atoms with van der Waals surface area (Å²) in [6.07, 6.45) is 3.89. The molecule has 0 radical (unpaired) electrons. The molecule has 4 rings (SSSR count). The Hall–Kier alpha value is -2.57. The Morgan fingerprint density at radius 1 is 1.33 bits per heavy atom. The number of aromatic amines is 1. The number of aryl methyl sites for hydroxylation is 1. The Balaban J connectivity index is 1.64. The van der Waals surface area contributed by atoms with Gasteiger partial charge in [0.25, 0.3) is 5.56 Å². The Bertz CT molecular complexity index is 1050. The predicted octanol–water partition coefficient (Wildman–Crippen LogP) is 3.49. The minimum absolute atomic E-state index is 0.127. The first-order valence-corrected chi connectivity index (χ1v) is 9.09. The average Bonchev–Trinajstić information content (AvgIpc) is 2.68. The first-order chi connectivity index (χ1) is 13.0. The van der Waals surface area contributed by atoms with Gasteiger partial charge in [-0.05, 0) is 37.1 Å². The summed E-state index contributed by atoms with van der Waals surface area (Å²) in [5.41, 5.74) is 3.36. The highest BCUT2D eigenvalue weighted by molar-refractivity contribution is 6.32. The number of hydrogen-bond donors (Lipinski definition) is 1. The van der Waals surface area contributed by atoms with E-state index in [-0.39, 0.29) is 11.4 Å². The number of rotatable bonds is 3. The van der Waals surface area contributed by atoms with E-state index in [1.807, 2.05) is 13.0 Å². The van der Waals surface area contributed by atoms with Crippen molar-refractivity contribution in [3.63, 3.8) is 0 Å². The van der Waals surface area contributed by atoms with Gasteiger partial charge in [0, 0.05) is 48.7 Å². The smallest absolute Gasteiger partial charge is 0.254 e. The van der Waals surface area contributed by atoms with Crippen LogP contribution in [-0.4, -0.2) is 26.4 Å². The lowest BCUT2D eigenvalue weighted by Gasteiger charge is -2.28. The molecule has 138 valence electrons. The zero-order valence-electron chi connectivity index (χ0n) is 14.8. The molecular weight excluding hydrogens is 367 g/mol. The number of H-pyrrole nitrogens is 1. The second-order valence-corrected chi connectivity index (χ2v) is 7.08. The number of benzene rings is 1. The summed E-state index contributed by atoms with van der Waals surface area (Å²) in [4.78, 5) is 26.1. The van der Waals surface area contributed by atoms with Crippen molar-refractivity contribution >= 4 is 11.6 Å². The van der Waals surface area contributed by atoms with E-state index in [9.17, 15) is 9.18 Å². The average molecular weight is 385 g/mol. The molecule has 0 atom stereocenters. The van der Waals surface area contributed by atoms with Gasteiger partial charge in [0.05, 0.1) is 10.7 Å². The molecule has 0 spiro atoms. The van der Waals surface area contributed by atoms with Gasteiger partial charge in [0.2, 0.25) is 0 Å². The van der Waals surface area contributed by atoms with Crippen LogP contribution in [0.1, 0.15) is 22.4 Å². The molecule has 0 bridgehead atoms. The van der Waals surface area contributed by atoms with Crippen molar-refractivity contribution in [1.29, 1.82) is 0 Å².